The highest BCUT2D eigenvalue weighted by molar-refractivity contribution is 5.99. The van der Waals surface area contributed by atoms with E-state index in [4.69, 9.17) is 10.5 Å². The fourth-order valence-electron chi connectivity index (χ4n) is 3.99. The van der Waals surface area contributed by atoms with Gasteiger partial charge in [0.25, 0.3) is 5.91 Å². The average Bonchev–Trinajstić information content (AvgIpc) is 2.62. The van der Waals surface area contributed by atoms with Crippen molar-refractivity contribution in [3.8, 4) is 0 Å². The zero-order valence-electron chi connectivity index (χ0n) is 14.4. The number of nitrogens with one attached hydrogen (secondary N) is 1. The van der Waals surface area contributed by atoms with Crippen LogP contribution in [0.25, 0.3) is 0 Å². The van der Waals surface area contributed by atoms with Gasteiger partial charge < -0.3 is 15.8 Å². The molecule has 5 nitrogen and oxygen atoms in total. The number of para-hydroxylation sites is 1. The van der Waals surface area contributed by atoms with Gasteiger partial charge in [-0.2, -0.15) is 0 Å². The quantitative estimate of drug-likeness (QED) is 0.812. The summed E-state index contributed by atoms with van der Waals surface area (Å²) in [6, 6.07) is 7.28. The van der Waals surface area contributed by atoms with Crippen LogP contribution < -0.4 is 11.1 Å². The molecule has 5 heteroatoms. The number of nitrogens with zero attached hydrogens (tertiary/aromatic N) is 1. The number of benzene rings is 1. The fourth-order valence-corrected chi connectivity index (χ4v) is 3.99. The number of ether oxygens (including phenoxy) is 1. The van der Waals surface area contributed by atoms with Crippen LogP contribution in [-0.4, -0.2) is 50.2 Å². The van der Waals surface area contributed by atoms with Crippen molar-refractivity contribution >= 4 is 11.6 Å². The second-order valence-electron chi connectivity index (χ2n) is 7.22. The molecular weight excluding hydrogens is 302 g/mol. The third-order valence-corrected chi connectivity index (χ3v) is 5.41. The molecule has 0 bridgehead atoms. The van der Waals surface area contributed by atoms with Crippen LogP contribution in [0.5, 0.6) is 0 Å². The monoisotopic (exact) mass is 331 g/mol. The topological polar surface area (TPSA) is 67.6 Å². The van der Waals surface area contributed by atoms with E-state index in [1.165, 1.54) is 32.1 Å². The van der Waals surface area contributed by atoms with E-state index in [-0.39, 0.29) is 11.3 Å². The van der Waals surface area contributed by atoms with Gasteiger partial charge in [0.15, 0.2) is 0 Å². The summed E-state index contributed by atoms with van der Waals surface area (Å²) in [4.78, 5) is 15.0. The van der Waals surface area contributed by atoms with Crippen molar-refractivity contribution in [2.45, 2.75) is 32.1 Å². The molecule has 0 atom stereocenters. The van der Waals surface area contributed by atoms with E-state index in [0.29, 0.717) is 11.3 Å². The number of anilines is 1. The predicted octanol–water partition coefficient (Wildman–Crippen LogP) is 2.28. The van der Waals surface area contributed by atoms with E-state index in [0.717, 1.165) is 39.4 Å². The summed E-state index contributed by atoms with van der Waals surface area (Å²) in [7, 11) is 0. The Bertz CT molecular complexity index is 549. The maximum Gasteiger partial charge on any atom is 0.253 e. The number of nitrogen functional groups attached to an aromatic ring is 1. The highest BCUT2D eigenvalue weighted by atomic mass is 16.5. The maximum absolute atomic E-state index is 12.5. The second kappa shape index (κ2) is 7.99. The lowest BCUT2D eigenvalue weighted by atomic mass is 9.73. The van der Waals surface area contributed by atoms with Gasteiger partial charge in [0.2, 0.25) is 0 Å². The Morgan fingerprint density at radius 2 is 1.88 bits per heavy atom. The van der Waals surface area contributed by atoms with E-state index in [1.807, 2.05) is 12.1 Å². The van der Waals surface area contributed by atoms with Gasteiger partial charge in [-0.15, -0.1) is 0 Å². The number of carbonyl (C=O) groups excluding carboxylic acids is 1. The summed E-state index contributed by atoms with van der Waals surface area (Å²) in [6.45, 7) is 5.44. The number of carbonyl (C=O) groups is 1. The zero-order valence-corrected chi connectivity index (χ0v) is 14.4. The van der Waals surface area contributed by atoms with Crippen molar-refractivity contribution in [1.29, 1.82) is 0 Å². The molecule has 1 aromatic rings. The highest BCUT2D eigenvalue weighted by Crippen LogP contribution is 2.37. The van der Waals surface area contributed by atoms with Crippen LogP contribution in [0.15, 0.2) is 24.3 Å². The van der Waals surface area contributed by atoms with E-state index in [9.17, 15) is 4.79 Å². The number of hydrogen-bond acceptors (Lipinski definition) is 4. The molecule has 0 unspecified atom stereocenters. The normalized spacial score (nSPS) is 21.3. The van der Waals surface area contributed by atoms with Crippen LogP contribution in [0, 0.1) is 5.41 Å². The van der Waals surface area contributed by atoms with Crippen LogP contribution in [0.2, 0.25) is 0 Å². The lowest BCUT2D eigenvalue weighted by molar-refractivity contribution is 0.00728. The smallest absolute Gasteiger partial charge is 0.253 e. The van der Waals surface area contributed by atoms with Gasteiger partial charge in [-0.25, -0.2) is 0 Å². The summed E-state index contributed by atoms with van der Waals surface area (Å²) in [6.07, 6.45) is 6.20. The third-order valence-electron chi connectivity index (χ3n) is 5.41. The Morgan fingerprint density at radius 3 is 2.58 bits per heavy atom. The summed E-state index contributed by atoms with van der Waals surface area (Å²) < 4.78 is 5.47. The molecule has 1 saturated heterocycles. The number of hydrogen-bond donors (Lipinski definition) is 2. The summed E-state index contributed by atoms with van der Waals surface area (Å²) in [5.74, 6) is -0.0555. The van der Waals surface area contributed by atoms with Crippen molar-refractivity contribution in [3.63, 3.8) is 0 Å². The minimum absolute atomic E-state index is 0.0555. The maximum atomic E-state index is 12.5. The van der Waals surface area contributed by atoms with Gasteiger partial charge >= 0.3 is 0 Å². The summed E-state index contributed by atoms with van der Waals surface area (Å²) in [5.41, 5.74) is 7.24. The van der Waals surface area contributed by atoms with Crippen molar-refractivity contribution in [2.24, 2.45) is 5.41 Å². The van der Waals surface area contributed by atoms with Crippen molar-refractivity contribution in [1.82, 2.24) is 10.2 Å². The largest absolute Gasteiger partial charge is 0.398 e. The van der Waals surface area contributed by atoms with Crippen molar-refractivity contribution in [2.75, 3.05) is 45.1 Å². The molecule has 1 saturated carbocycles. The number of amides is 1. The lowest BCUT2D eigenvalue weighted by Crippen LogP contribution is -2.49. The highest BCUT2D eigenvalue weighted by Gasteiger charge is 2.34. The standard InChI is InChI=1S/C19H29N3O2/c20-17-7-3-2-6-16(17)18(23)21-14-19(8-4-1-5-9-19)15-22-10-12-24-13-11-22/h2-3,6-7H,1,4-5,8-15,20H2,(H,21,23). The molecule has 0 spiro atoms. The number of morpholine rings is 1. The first-order chi connectivity index (χ1) is 11.7. The van der Waals surface area contributed by atoms with Gasteiger partial charge in [0.05, 0.1) is 18.8 Å². The fraction of sp³-hybridized carbons (Fsp3) is 0.632. The summed E-state index contributed by atoms with van der Waals surface area (Å²) >= 11 is 0. The molecule has 1 amide bonds. The molecule has 1 heterocycles. The van der Waals surface area contributed by atoms with Gasteiger partial charge in [0, 0.05) is 37.3 Å². The molecule has 24 heavy (non-hydrogen) atoms. The molecule has 2 aliphatic rings. The minimum Gasteiger partial charge on any atom is -0.398 e. The van der Waals surface area contributed by atoms with Gasteiger partial charge in [-0.3, -0.25) is 9.69 Å². The first-order valence-corrected chi connectivity index (χ1v) is 9.11. The average molecular weight is 331 g/mol. The lowest BCUT2D eigenvalue weighted by Gasteiger charge is -2.42. The number of nitrogens with two attached hydrogens (primary N) is 1. The van der Waals surface area contributed by atoms with Crippen LogP contribution in [0.3, 0.4) is 0 Å². The van der Waals surface area contributed by atoms with Gasteiger partial charge in [-0.05, 0) is 25.0 Å². The number of rotatable bonds is 5. The Balaban J connectivity index is 1.63. The first-order valence-electron chi connectivity index (χ1n) is 9.11. The van der Waals surface area contributed by atoms with E-state index in [2.05, 4.69) is 10.2 Å². The minimum atomic E-state index is -0.0555. The second-order valence-corrected chi connectivity index (χ2v) is 7.22. The molecule has 0 radical (unpaired) electrons. The van der Waals surface area contributed by atoms with Crippen LogP contribution >= 0.6 is 0 Å². The Kier molecular flexibility index (Phi) is 5.74. The molecule has 3 N–H and O–H groups in total. The predicted molar refractivity (Wildman–Crippen MR) is 96.0 cm³/mol. The van der Waals surface area contributed by atoms with E-state index >= 15 is 0 Å². The van der Waals surface area contributed by atoms with Crippen LogP contribution in [0.1, 0.15) is 42.5 Å². The third kappa shape index (κ3) is 4.28. The molecular formula is C19H29N3O2. The molecule has 1 aliphatic carbocycles. The first kappa shape index (κ1) is 17.2. The Morgan fingerprint density at radius 1 is 1.17 bits per heavy atom. The van der Waals surface area contributed by atoms with Crippen LogP contribution in [-0.2, 0) is 4.74 Å². The van der Waals surface area contributed by atoms with Gasteiger partial charge in [-0.1, -0.05) is 31.4 Å². The van der Waals surface area contributed by atoms with Crippen LogP contribution in [0.4, 0.5) is 5.69 Å². The molecule has 3 rings (SSSR count). The molecule has 0 aromatic heterocycles. The molecule has 1 aliphatic heterocycles. The Hall–Kier alpha value is -1.59. The molecule has 2 fully saturated rings. The SMILES string of the molecule is Nc1ccccc1C(=O)NCC1(CN2CCOCC2)CCCCC1. The summed E-state index contributed by atoms with van der Waals surface area (Å²) in [5, 5.41) is 3.16. The van der Waals surface area contributed by atoms with E-state index < -0.39 is 0 Å². The molecule has 132 valence electrons. The molecule has 1 aromatic carbocycles. The zero-order chi connectivity index (χ0) is 16.8. The Labute approximate surface area is 144 Å². The van der Waals surface area contributed by atoms with Crippen molar-refractivity contribution < 1.29 is 9.53 Å². The van der Waals surface area contributed by atoms with Gasteiger partial charge in [0.1, 0.15) is 0 Å². The van der Waals surface area contributed by atoms with Crippen molar-refractivity contribution in [3.05, 3.63) is 29.8 Å². The van der Waals surface area contributed by atoms with E-state index in [1.54, 1.807) is 12.1 Å².